The van der Waals surface area contributed by atoms with Crippen LogP contribution in [0.15, 0.2) is 6.20 Å². The molecule has 2 heterocycles. The van der Waals surface area contributed by atoms with Crippen molar-refractivity contribution in [1.82, 2.24) is 14.7 Å². The largest absolute Gasteiger partial charge is 0.477 e. The zero-order valence-corrected chi connectivity index (χ0v) is 8.55. The Labute approximate surface area is 90.3 Å². The van der Waals surface area contributed by atoms with Gasteiger partial charge in [-0.1, -0.05) is 0 Å². The van der Waals surface area contributed by atoms with Gasteiger partial charge in [0.05, 0.1) is 24.8 Å². The molecule has 6 nitrogen and oxygen atoms in total. The maximum Gasteiger partial charge on any atom is 0.354 e. The normalized spacial score (nSPS) is 16.0. The summed E-state index contributed by atoms with van der Waals surface area (Å²) < 4.78 is 13.7. The van der Waals surface area contributed by atoms with Crippen LogP contribution in [-0.2, 0) is 7.05 Å². The van der Waals surface area contributed by atoms with Crippen LogP contribution >= 0.6 is 0 Å². The second-order valence-electron chi connectivity index (χ2n) is 3.64. The molecule has 0 bridgehead atoms. The average molecular weight is 227 g/mol. The van der Waals surface area contributed by atoms with Crippen molar-refractivity contribution in [2.45, 2.75) is 6.17 Å². The number of carbonyl (C=O) groups is 2. The summed E-state index contributed by atoms with van der Waals surface area (Å²) in [7, 11) is 1.44. The summed E-state index contributed by atoms with van der Waals surface area (Å²) in [5.41, 5.74) is -0.172. The first-order chi connectivity index (χ1) is 7.50. The molecule has 1 aliphatic heterocycles. The number of aromatic carboxylic acids is 1. The minimum absolute atomic E-state index is 0.00176. The first-order valence-electron chi connectivity index (χ1n) is 4.69. The third-order valence-electron chi connectivity index (χ3n) is 2.50. The Balaban J connectivity index is 2.27. The molecule has 0 unspecified atom stereocenters. The maximum absolute atomic E-state index is 12.6. The standard InChI is InChI=1S/C9H10FN3O3/c1-12-7(9(15)16)6(2-11-12)8(14)13-3-5(10)4-13/h2,5H,3-4H2,1H3,(H,15,16). The highest BCUT2D eigenvalue weighted by molar-refractivity contribution is 6.03. The lowest BCUT2D eigenvalue weighted by atomic mass is 10.1. The van der Waals surface area contributed by atoms with Gasteiger partial charge in [-0.2, -0.15) is 5.10 Å². The van der Waals surface area contributed by atoms with Gasteiger partial charge in [0.2, 0.25) is 0 Å². The van der Waals surface area contributed by atoms with Crippen molar-refractivity contribution in [1.29, 1.82) is 0 Å². The number of carboxylic acids is 1. The quantitative estimate of drug-likeness (QED) is 0.766. The molecule has 0 radical (unpaired) electrons. The predicted molar refractivity (Wildman–Crippen MR) is 51.0 cm³/mol. The maximum atomic E-state index is 12.6. The van der Waals surface area contributed by atoms with Gasteiger partial charge in [0.25, 0.3) is 5.91 Å². The van der Waals surface area contributed by atoms with E-state index in [9.17, 15) is 14.0 Å². The lowest BCUT2D eigenvalue weighted by Crippen LogP contribution is -2.51. The molecule has 0 spiro atoms. The first-order valence-corrected chi connectivity index (χ1v) is 4.69. The van der Waals surface area contributed by atoms with Crippen LogP contribution in [0.1, 0.15) is 20.8 Å². The molecule has 1 aromatic heterocycles. The molecule has 16 heavy (non-hydrogen) atoms. The molecule has 1 N–H and O–H groups in total. The molecule has 0 aliphatic carbocycles. The number of likely N-dealkylation sites (tertiary alicyclic amines) is 1. The summed E-state index contributed by atoms with van der Waals surface area (Å²) >= 11 is 0. The fraction of sp³-hybridized carbons (Fsp3) is 0.444. The molecular weight excluding hydrogens is 217 g/mol. The van der Waals surface area contributed by atoms with E-state index in [1.807, 2.05) is 0 Å². The van der Waals surface area contributed by atoms with Crippen molar-refractivity contribution >= 4 is 11.9 Å². The summed E-state index contributed by atoms with van der Waals surface area (Å²) in [6, 6.07) is 0. The molecule has 2 rings (SSSR count). The van der Waals surface area contributed by atoms with Gasteiger partial charge in [0.1, 0.15) is 6.17 Å². The molecule has 1 amide bonds. The van der Waals surface area contributed by atoms with Crippen LogP contribution in [0, 0.1) is 0 Å². The van der Waals surface area contributed by atoms with Crippen molar-refractivity contribution in [2.75, 3.05) is 13.1 Å². The number of hydrogen-bond donors (Lipinski definition) is 1. The molecule has 0 aromatic carbocycles. The molecule has 1 aliphatic rings. The van der Waals surface area contributed by atoms with E-state index in [1.165, 1.54) is 18.1 Å². The number of rotatable bonds is 2. The highest BCUT2D eigenvalue weighted by atomic mass is 19.1. The zero-order chi connectivity index (χ0) is 11.9. The van der Waals surface area contributed by atoms with E-state index in [2.05, 4.69) is 5.10 Å². The fourth-order valence-corrected chi connectivity index (χ4v) is 1.61. The van der Waals surface area contributed by atoms with Gasteiger partial charge < -0.3 is 10.0 Å². The lowest BCUT2D eigenvalue weighted by molar-refractivity contribution is 0.0395. The highest BCUT2D eigenvalue weighted by Gasteiger charge is 2.34. The number of carboxylic acid groups (broad SMARTS) is 1. The third kappa shape index (κ3) is 1.54. The van der Waals surface area contributed by atoms with Crippen LogP contribution in [0.4, 0.5) is 4.39 Å². The van der Waals surface area contributed by atoms with Gasteiger partial charge in [-0.05, 0) is 0 Å². The number of hydrogen-bond acceptors (Lipinski definition) is 3. The average Bonchev–Trinajstić information content (AvgIpc) is 2.54. The number of aryl methyl sites for hydroxylation is 1. The van der Waals surface area contributed by atoms with Crippen LogP contribution in [0.5, 0.6) is 0 Å². The summed E-state index contributed by atoms with van der Waals surface area (Å²) in [6.07, 6.45) is 0.186. The molecular formula is C9H10FN3O3. The number of amides is 1. The molecule has 7 heteroatoms. The van der Waals surface area contributed by atoms with Crippen LogP contribution in [0.25, 0.3) is 0 Å². The minimum atomic E-state index is -1.22. The Morgan fingerprint density at radius 2 is 2.19 bits per heavy atom. The lowest BCUT2D eigenvalue weighted by Gasteiger charge is -2.34. The SMILES string of the molecule is Cn1ncc(C(=O)N2CC(F)C2)c1C(=O)O. The Bertz CT molecular complexity index is 451. The van der Waals surface area contributed by atoms with Crippen LogP contribution in [-0.4, -0.2) is 50.9 Å². The van der Waals surface area contributed by atoms with Crippen molar-refractivity contribution in [3.63, 3.8) is 0 Å². The van der Waals surface area contributed by atoms with Crippen LogP contribution < -0.4 is 0 Å². The molecule has 1 fully saturated rings. The molecule has 1 saturated heterocycles. The second-order valence-corrected chi connectivity index (χ2v) is 3.64. The Morgan fingerprint density at radius 1 is 1.56 bits per heavy atom. The van der Waals surface area contributed by atoms with E-state index in [4.69, 9.17) is 5.11 Å². The number of nitrogens with zero attached hydrogens (tertiary/aromatic N) is 3. The smallest absolute Gasteiger partial charge is 0.354 e. The van der Waals surface area contributed by atoms with E-state index in [0.717, 1.165) is 4.68 Å². The van der Waals surface area contributed by atoms with Crippen molar-refractivity contribution in [3.05, 3.63) is 17.5 Å². The van der Waals surface area contributed by atoms with E-state index in [1.54, 1.807) is 0 Å². The van der Waals surface area contributed by atoms with Crippen LogP contribution in [0.3, 0.4) is 0 Å². The van der Waals surface area contributed by atoms with E-state index < -0.39 is 18.0 Å². The van der Waals surface area contributed by atoms with Gasteiger partial charge >= 0.3 is 5.97 Å². The summed E-state index contributed by atoms with van der Waals surface area (Å²) in [6.45, 7) is 0.0412. The second kappa shape index (κ2) is 3.58. The van der Waals surface area contributed by atoms with Gasteiger partial charge in [0, 0.05) is 7.05 Å². The van der Waals surface area contributed by atoms with Crippen molar-refractivity contribution in [2.24, 2.45) is 7.05 Å². The number of alkyl halides is 1. The zero-order valence-electron chi connectivity index (χ0n) is 8.55. The molecule has 0 saturated carbocycles. The minimum Gasteiger partial charge on any atom is -0.477 e. The fourth-order valence-electron chi connectivity index (χ4n) is 1.61. The number of aromatic nitrogens is 2. The molecule has 1 aromatic rings. The summed E-state index contributed by atoms with van der Waals surface area (Å²) in [4.78, 5) is 23.9. The Hall–Kier alpha value is -1.92. The first kappa shape index (κ1) is 10.6. The predicted octanol–water partition coefficient (Wildman–Crippen LogP) is -0.0878. The van der Waals surface area contributed by atoms with Crippen molar-refractivity contribution in [3.8, 4) is 0 Å². The number of halogens is 1. The van der Waals surface area contributed by atoms with Gasteiger partial charge in [-0.25, -0.2) is 9.18 Å². The molecule has 86 valence electrons. The third-order valence-corrected chi connectivity index (χ3v) is 2.50. The number of carbonyl (C=O) groups excluding carboxylic acids is 1. The topological polar surface area (TPSA) is 75.4 Å². The van der Waals surface area contributed by atoms with E-state index in [0.29, 0.717) is 0 Å². The Kier molecular flexibility index (Phi) is 2.37. The van der Waals surface area contributed by atoms with Crippen LogP contribution in [0.2, 0.25) is 0 Å². The van der Waals surface area contributed by atoms with Gasteiger partial charge in [-0.15, -0.1) is 0 Å². The summed E-state index contributed by atoms with van der Waals surface area (Å²) in [5.74, 6) is -1.71. The summed E-state index contributed by atoms with van der Waals surface area (Å²) in [5, 5.41) is 12.6. The molecule has 0 atom stereocenters. The Morgan fingerprint density at radius 3 is 2.69 bits per heavy atom. The van der Waals surface area contributed by atoms with E-state index in [-0.39, 0.29) is 24.3 Å². The van der Waals surface area contributed by atoms with Crippen molar-refractivity contribution < 1.29 is 19.1 Å². The highest BCUT2D eigenvalue weighted by Crippen LogP contribution is 2.17. The monoisotopic (exact) mass is 227 g/mol. The van der Waals surface area contributed by atoms with Gasteiger partial charge in [0.15, 0.2) is 5.69 Å². The van der Waals surface area contributed by atoms with Gasteiger partial charge in [-0.3, -0.25) is 9.48 Å². The van der Waals surface area contributed by atoms with E-state index >= 15 is 0 Å².